The van der Waals surface area contributed by atoms with Crippen molar-refractivity contribution >= 4 is 29.0 Å². The van der Waals surface area contributed by atoms with Gasteiger partial charge in [-0.3, -0.25) is 4.79 Å². The van der Waals surface area contributed by atoms with E-state index in [-0.39, 0.29) is 5.91 Å². The summed E-state index contributed by atoms with van der Waals surface area (Å²) in [6, 6.07) is 4.08. The number of carbonyl (C=O) groups excluding carboxylic acids is 1. The minimum absolute atomic E-state index is 0.00417. The summed E-state index contributed by atoms with van der Waals surface area (Å²) in [5.41, 5.74) is 0. The number of thiophene rings is 1. The van der Waals surface area contributed by atoms with Crippen molar-refractivity contribution in [1.82, 2.24) is 5.32 Å². The van der Waals surface area contributed by atoms with Gasteiger partial charge in [0.1, 0.15) is 0 Å². The highest BCUT2D eigenvalue weighted by molar-refractivity contribution is 7.99. The average Bonchev–Trinajstić information content (AvgIpc) is 2.67. The third-order valence-electron chi connectivity index (χ3n) is 1.45. The first-order chi connectivity index (χ1) is 6.83. The van der Waals surface area contributed by atoms with E-state index < -0.39 is 0 Å². The third kappa shape index (κ3) is 4.35. The zero-order chi connectivity index (χ0) is 10.2. The minimum atomic E-state index is 0.00417. The summed E-state index contributed by atoms with van der Waals surface area (Å²) in [6.07, 6.45) is 5.01. The van der Waals surface area contributed by atoms with Gasteiger partial charge in [-0.25, -0.2) is 0 Å². The van der Waals surface area contributed by atoms with Crippen LogP contribution in [0.4, 0.5) is 0 Å². The second kappa shape index (κ2) is 6.52. The predicted octanol–water partition coefficient (Wildman–Crippen LogP) is 1.73. The van der Waals surface area contributed by atoms with Crippen molar-refractivity contribution in [3.63, 3.8) is 0 Å². The van der Waals surface area contributed by atoms with Crippen LogP contribution in [0.2, 0.25) is 0 Å². The van der Waals surface area contributed by atoms with Crippen LogP contribution in [0, 0.1) is 12.3 Å². The fraction of sp³-hybridized carbons (Fsp3) is 0.300. The maximum absolute atomic E-state index is 11.1. The van der Waals surface area contributed by atoms with Crippen molar-refractivity contribution < 1.29 is 4.79 Å². The third-order valence-corrected chi connectivity index (χ3v) is 3.49. The number of terminal acetylenes is 1. The van der Waals surface area contributed by atoms with Gasteiger partial charge < -0.3 is 5.32 Å². The highest BCUT2D eigenvalue weighted by Gasteiger charge is 2.00. The molecule has 1 aromatic rings. The predicted molar refractivity (Wildman–Crippen MR) is 62.3 cm³/mol. The van der Waals surface area contributed by atoms with Crippen molar-refractivity contribution in [2.45, 2.75) is 5.75 Å². The standard InChI is InChI=1S/C10H11NOS2/c1-2-5-11-10(12)8-13-7-9-4-3-6-14-9/h1,3-4,6H,5,7-8H2,(H,11,12). The topological polar surface area (TPSA) is 29.1 Å². The Morgan fingerprint density at radius 1 is 1.71 bits per heavy atom. The summed E-state index contributed by atoms with van der Waals surface area (Å²) in [5.74, 6) is 3.73. The van der Waals surface area contributed by atoms with Gasteiger partial charge in [0.2, 0.25) is 5.91 Å². The van der Waals surface area contributed by atoms with Crippen LogP contribution in [0.15, 0.2) is 17.5 Å². The maximum atomic E-state index is 11.1. The van der Waals surface area contributed by atoms with E-state index in [9.17, 15) is 4.79 Å². The van der Waals surface area contributed by atoms with Crippen molar-refractivity contribution in [1.29, 1.82) is 0 Å². The van der Waals surface area contributed by atoms with Crippen LogP contribution in [0.5, 0.6) is 0 Å². The molecule has 0 fully saturated rings. The van der Waals surface area contributed by atoms with E-state index in [1.54, 1.807) is 23.1 Å². The molecule has 0 radical (unpaired) electrons. The lowest BCUT2D eigenvalue weighted by atomic mass is 10.5. The number of carbonyl (C=O) groups is 1. The van der Waals surface area contributed by atoms with Crippen LogP contribution < -0.4 is 5.32 Å². The Labute approximate surface area is 92.1 Å². The van der Waals surface area contributed by atoms with E-state index in [1.165, 1.54) is 4.88 Å². The molecular weight excluding hydrogens is 214 g/mol. The normalized spacial score (nSPS) is 9.36. The van der Waals surface area contributed by atoms with E-state index in [2.05, 4.69) is 17.3 Å². The molecule has 0 unspecified atom stereocenters. The Balaban J connectivity index is 2.10. The molecule has 1 aromatic heterocycles. The average molecular weight is 225 g/mol. The van der Waals surface area contributed by atoms with Gasteiger partial charge in [0.05, 0.1) is 12.3 Å². The van der Waals surface area contributed by atoms with Gasteiger partial charge in [0.15, 0.2) is 0 Å². The smallest absolute Gasteiger partial charge is 0.230 e. The highest BCUT2D eigenvalue weighted by Crippen LogP contribution is 2.16. The molecule has 0 aromatic carbocycles. The first-order valence-corrected chi connectivity index (χ1v) is 6.16. The number of nitrogens with one attached hydrogen (secondary N) is 1. The summed E-state index contributed by atoms with van der Waals surface area (Å²) < 4.78 is 0. The fourth-order valence-electron chi connectivity index (χ4n) is 0.840. The van der Waals surface area contributed by atoms with E-state index >= 15 is 0 Å². The SMILES string of the molecule is C#CCNC(=O)CSCc1cccs1. The van der Waals surface area contributed by atoms with Gasteiger partial charge in [0, 0.05) is 10.6 Å². The van der Waals surface area contributed by atoms with Gasteiger partial charge >= 0.3 is 0 Å². The molecule has 0 atom stereocenters. The van der Waals surface area contributed by atoms with Gasteiger partial charge in [-0.2, -0.15) is 0 Å². The fourth-order valence-corrected chi connectivity index (χ4v) is 2.54. The Kier molecular flexibility index (Phi) is 5.20. The molecule has 1 rings (SSSR count). The molecule has 0 aliphatic carbocycles. The lowest BCUT2D eigenvalue weighted by Gasteiger charge is -2.00. The van der Waals surface area contributed by atoms with E-state index in [1.807, 2.05) is 11.4 Å². The Hall–Kier alpha value is -0.920. The molecule has 1 heterocycles. The molecule has 1 amide bonds. The molecule has 74 valence electrons. The molecule has 0 aliphatic rings. The quantitative estimate of drug-likeness (QED) is 0.773. The molecule has 14 heavy (non-hydrogen) atoms. The van der Waals surface area contributed by atoms with Crippen molar-refractivity contribution in [3.05, 3.63) is 22.4 Å². The number of hydrogen-bond acceptors (Lipinski definition) is 3. The monoisotopic (exact) mass is 225 g/mol. The van der Waals surface area contributed by atoms with Crippen LogP contribution in [-0.4, -0.2) is 18.2 Å². The summed E-state index contributed by atoms with van der Waals surface area (Å²) in [7, 11) is 0. The number of hydrogen-bond donors (Lipinski definition) is 1. The number of amides is 1. The first-order valence-electron chi connectivity index (χ1n) is 4.13. The van der Waals surface area contributed by atoms with Crippen LogP contribution in [0.3, 0.4) is 0 Å². The summed E-state index contributed by atoms with van der Waals surface area (Å²) in [5, 5.41) is 4.66. The summed E-state index contributed by atoms with van der Waals surface area (Å²) >= 11 is 3.31. The van der Waals surface area contributed by atoms with Crippen LogP contribution in [0.1, 0.15) is 4.88 Å². The Morgan fingerprint density at radius 3 is 3.21 bits per heavy atom. The molecule has 2 nitrogen and oxygen atoms in total. The van der Waals surface area contributed by atoms with Crippen molar-refractivity contribution in [2.75, 3.05) is 12.3 Å². The zero-order valence-corrected chi connectivity index (χ0v) is 9.29. The van der Waals surface area contributed by atoms with Crippen molar-refractivity contribution in [2.24, 2.45) is 0 Å². The second-order valence-corrected chi connectivity index (χ2v) is 4.57. The molecule has 1 N–H and O–H groups in total. The zero-order valence-electron chi connectivity index (χ0n) is 7.66. The van der Waals surface area contributed by atoms with Crippen molar-refractivity contribution in [3.8, 4) is 12.3 Å². The molecule has 4 heteroatoms. The molecule has 0 saturated carbocycles. The minimum Gasteiger partial charge on any atom is -0.344 e. The largest absolute Gasteiger partial charge is 0.344 e. The van der Waals surface area contributed by atoms with Gasteiger partial charge in [-0.15, -0.1) is 29.5 Å². The maximum Gasteiger partial charge on any atom is 0.230 e. The highest BCUT2D eigenvalue weighted by atomic mass is 32.2. The number of thioether (sulfide) groups is 1. The first kappa shape index (κ1) is 11.2. The molecule has 0 aliphatic heterocycles. The summed E-state index contributed by atoms with van der Waals surface area (Å²) in [4.78, 5) is 12.4. The second-order valence-electron chi connectivity index (χ2n) is 2.55. The Bertz CT molecular complexity index is 313. The molecular formula is C10H11NOS2. The Morgan fingerprint density at radius 2 is 2.57 bits per heavy atom. The number of rotatable bonds is 5. The van der Waals surface area contributed by atoms with E-state index in [0.717, 1.165) is 5.75 Å². The lowest BCUT2D eigenvalue weighted by Crippen LogP contribution is -2.25. The lowest BCUT2D eigenvalue weighted by molar-refractivity contribution is -0.118. The molecule has 0 spiro atoms. The van der Waals surface area contributed by atoms with Crippen LogP contribution in [0.25, 0.3) is 0 Å². The van der Waals surface area contributed by atoms with E-state index in [4.69, 9.17) is 6.42 Å². The van der Waals surface area contributed by atoms with Gasteiger partial charge in [-0.05, 0) is 11.4 Å². The molecule has 0 bridgehead atoms. The van der Waals surface area contributed by atoms with Gasteiger partial charge in [-0.1, -0.05) is 12.0 Å². The summed E-state index contributed by atoms with van der Waals surface area (Å²) in [6.45, 7) is 0.318. The van der Waals surface area contributed by atoms with Crippen LogP contribution in [-0.2, 0) is 10.5 Å². The van der Waals surface area contributed by atoms with Gasteiger partial charge in [0.25, 0.3) is 0 Å². The van der Waals surface area contributed by atoms with E-state index in [0.29, 0.717) is 12.3 Å². The van der Waals surface area contributed by atoms with Crippen LogP contribution >= 0.6 is 23.1 Å². The molecule has 0 saturated heterocycles.